The highest BCUT2D eigenvalue weighted by molar-refractivity contribution is 6.15. The molecule has 2 heterocycles. The van der Waals surface area contributed by atoms with Crippen LogP contribution in [0.2, 0.25) is 0 Å². The molecule has 4 rings (SSSR count). The van der Waals surface area contributed by atoms with Gasteiger partial charge in [-0.1, -0.05) is 47.6 Å². The lowest BCUT2D eigenvalue weighted by Gasteiger charge is -2.28. The van der Waals surface area contributed by atoms with E-state index in [1.54, 1.807) is 24.3 Å². The number of hydrogen-bond acceptors (Lipinski definition) is 8. The standard InChI is InChI=1S/C20H17N5O4/c1-28-14-10-6-9-13(11-14)18(26)15-16(19(27)29-2)21-20-22-23-24-25(20)17(15)12-7-4-3-5-8-12/h3-11,17H,1-2H3,(H,21,22,24)/t17-/m0/s1. The summed E-state index contributed by atoms with van der Waals surface area (Å²) in [7, 11) is 2.77. The number of rotatable bonds is 5. The number of ketones is 1. The van der Waals surface area contributed by atoms with Gasteiger partial charge in [-0.2, -0.15) is 4.68 Å². The Bertz CT molecular complexity index is 1110. The monoisotopic (exact) mass is 391 g/mol. The highest BCUT2D eigenvalue weighted by atomic mass is 16.5. The zero-order valence-electron chi connectivity index (χ0n) is 15.7. The SMILES string of the molecule is COC(=O)C1=C(C(=O)c2cccc(OC)c2)[C@H](c2ccccc2)n2nnnc2N1. The molecule has 1 aliphatic rings. The number of esters is 1. The zero-order valence-corrected chi connectivity index (χ0v) is 15.7. The number of ether oxygens (including phenoxy) is 2. The van der Waals surface area contributed by atoms with Gasteiger partial charge >= 0.3 is 5.97 Å². The van der Waals surface area contributed by atoms with Crippen molar-refractivity contribution in [3.8, 4) is 5.75 Å². The van der Waals surface area contributed by atoms with E-state index < -0.39 is 12.0 Å². The fraction of sp³-hybridized carbons (Fsp3) is 0.150. The summed E-state index contributed by atoms with van der Waals surface area (Å²) in [6.07, 6.45) is 0. The second-order valence-corrected chi connectivity index (χ2v) is 6.23. The summed E-state index contributed by atoms with van der Waals surface area (Å²) in [6.45, 7) is 0. The van der Waals surface area contributed by atoms with E-state index in [1.165, 1.54) is 18.9 Å². The molecule has 1 atom stereocenters. The van der Waals surface area contributed by atoms with Gasteiger partial charge in [-0.25, -0.2) is 4.79 Å². The van der Waals surface area contributed by atoms with Crippen LogP contribution in [0.25, 0.3) is 0 Å². The third-order valence-electron chi connectivity index (χ3n) is 4.60. The van der Waals surface area contributed by atoms with Crippen LogP contribution in [0.15, 0.2) is 65.9 Å². The molecule has 9 nitrogen and oxygen atoms in total. The van der Waals surface area contributed by atoms with Gasteiger partial charge in [0.15, 0.2) is 5.78 Å². The first-order chi connectivity index (χ1) is 14.1. The van der Waals surface area contributed by atoms with Gasteiger partial charge in [0.05, 0.1) is 19.8 Å². The minimum Gasteiger partial charge on any atom is -0.497 e. The van der Waals surface area contributed by atoms with Crippen molar-refractivity contribution < 1.29 is 19.1 Å². The summed E-state index contributed by atoms with van der Waals surface area (Å²) in [5.74, 6) is -0.293. The second kappa shape index (κ2) is 7.55. The molecule has 9 heteroatoms. The number of aromatic nitrogens is 4. The van der Waals surface area contributed by atoms with E-state index in [-0.39, 0.29) is 23.0 Å². The van der Waals surface area contributed by atoms with Crippen molar-refractivity contribution in [2.75, 3.05) is 19.5 Å². The van der Waals surface area contributed by atoms with Crippen LogP contribution >= 0.6 is 0 Å². The number of anilines is 1. The number of methoxy groups -OCH3 is 2. The third-order valence-corrected chi connectivity index (χ3v) is 4.60. The Morgan fingerprint density at radius 1 is 1.07 bits per heavy atom. The largest absolute Gasteiger partial charge is 0.497 e. The summed E-state index contributed by atoms with van der Waals surface area (Å²) in [5.41, 5.74) is 1.28. The summed E-state index contributed by atoms with van der Waals surface area (Å²) in [6, 6.07) is 15.2. The first-order valence-electron chi connectivity index (χ1n) is 8.75. The molecular formula is C20H17N5O4. The molecule has 29 heavy (non-hydrogen) atoms. The smallest absolute Gasteiger partial charge is 0.355 e. The lowest BCUT2D eigenvalue weighted by Crippen LogP contribution is -2.32. The number of allylic oxidation sites excluding steroid dienone is 1. The highest BCUT2D eigenvalue weighted by Crippen LogP contribution is 2.36. The van der Waals surface area contributed by atoms with Crippen LogP contribution in [0.3, 0.4) is 0 Å². The zero-order chi connectivity index (χ0) is 20.4. The van der Waals surface area contributed by atoms with Gasteiger partial charge < -0.3 is 14.8 Å². The summed E-state index contributed by atoms with van der Waals surface area (Å²) >= 11 is 0. The van der Waals surface area contributed by atoms with Crippen LogP contribution in [0.4, 0.5) is 5.95 Å². The van der Waals surface area contributed by atoms with Crippen LogP contribution in [-0.2, 0) is 9.53 Å². The van der Waals surface area contributed by atoms with Crippen molar-refractivity contribution in [3.63, 3.8) is 0 Å². The Kier molecular flexibility index (Phi) is 4.78. The molecule has 0 radical (unpaired) electrons. The van der Waals surface area contributed by atoms with Crippen LogP contribution in [-0.4, -0.2) is 46.2 Å². The minimum absolute atomic E-state index is 0.00327. The molecule has 0 bridgehead atoms. The Labute approximate surface area is 165 Å². The van der Waals surface area contributed by atoms with E-state index in [0.29, 0.717) is 11.3 Å². The molecule has 1 aromatic heterocycles. The number of Topliss-reactive ketones (excluding diaryl/α,β-unsaturated/α-hetero) is 1. The summed E-state index contributed by atoms with van der Waals surface area (Å²) < 4.78 is 11.6. The lowest BCUT2D eigenvalue weighted by molar-refractivity contribution is -0.136. The Morgan fingerprint density at radius 3 is 2.59 bits per heavy atom. The molecule has 0 saturated heterocycles. The second-order valence-electron chi connectivity index (χ2n) is 6.23. The minimum atomic E-state index is -0.713. The van der Waals surface area contributed by atoms with Crippen molar-refractivity contribution in [1.82, 2.24) is 20.2 Å². The molecule has 0 unspecified atom stereocenters. The van der Waals surface area contributed by atoms with Crippen molar-refractivity contribution >= 4 is 17.7 Å². The number of fused-ring (bicyclic) bond motifs is 1. The topological polar surface area (TPSA) is 108 Å². The molecule has 1 aliphatic heterocycles. The highest BCUT2D eigenvalue weighted by Gasteiger charge is 2.38. The normalized spacial score (nSPS) is 15.3. The molecular weight excluding hydrogens is 374 g/mol. The number of nitrogens with one attached hydrogen (secondary N) is 1. The maximum atomic E-state index is 13.6. The van der Waals surface area contributed by atoms with Crippen LogP contribution in [0, 0.1) is 0 Å². The van der Waals surface area contributed by atoms with Crippen LogP contribution in [0.1, 0.15) is 22.0 Å². The predicted octanol–water partition coefficient (Wildman–Crippen LogP) is 2.01. The van der Waals surface area contributed by atoms with Crippen molar-refractivity contribution in [1.29, 1.82) is 0 Å². The number of carbonyl (C=O) groups is 2. The van der Waals surface area contributed by atoms with Gasteiger partial charge in [-0.05, 0) is 28.1 Å². The Balaban J connectivity index is 1.94. The summed E-state index contributed by atoms with van der Waals surface area (Å²) in [5, 5.41) is 14.5. The maximum absolute atomic E-state index is 13.6. The van der Waals surface area contributed by atoms with Gasteiger partial charge in [0.1, 0.15) is 17.5 Å². The Morgan fingerprint density at radius 2 is 1.86 bits per heavy atom. The van der Waals surface area contributed by atoms with Crippen molar-refractivity contribution in [2.45, 2.75) is 6.04 Å². The van der Waals surface area contributed by atoms with Gasteiger partial charge in [0.2, 0.25) is 5.95 Å². The van der Waals surface area contributed by atoms with Gasteiger partial charge in [-0.3, -0.25) is 4.79 Å². The first kappa shape index (κ1) is 18.4. The molecule has 3 aromatic rings. The van der Waals surface area contributed by atoms with E-state index in [4.69, 9.17) is 9.47 Å². The molecule has 0 fully saturated rings. The van der Waals surface area contributed by atoms with E-state index in [2.05, 4.69) is 20.8 Å². The number of carbonyl (C=O) groups excluding carboxylic acids is 2. The van der Waals surface area contributed by atoms with E-state index in [0.717, 1.165) is 5.56 Å². The molecule has 1 N–H and O–H groups in total. The van der Waals surface area contributed by atoms with Gasteiger partial charge in [0, 0.05) is 5.56 Å². The first-order valence-corrected chi connectivity index (χ1v) is 8.75. The quantitative estimate of drug-likeness (QED) is 0.520. The number of benzene rings is 2. The fourth-order valence-electron chi connectivity index (χ4n) is 3.25. The van der Waals surface area contributed by atoms with Crippen LogP contribution in [0.5, 0.6) is 5.75 Å². The fourth-order valence-corrected chi connectivity index (χ4v) is 3.25. The number of nitrogens with zero attached hydrogens (tertiary/aromatic N) is 4. The maximum Gasteiger partial charge on any atom is 0.355 e. The molecule has 0 spiro atoms. The average molecular weight is 391 g/mol. The molecule has 2 aromatic carbocycles. The van der Waals surface area contributed by atoms with Crippen molar-refractivity contribution in [3.05, 3.63) is 77.0 Å². The van der Waals surface area contributed by atoms with E-state index >= 15 is 0 Å². The predicted molar refractivity (Wildman–Crippen MR) is 102 cm³/mol. The Hall–Kier alpha value is -4.01. The third kappa shape index (κ3) is 3.22. The molecule has 0 amide bonds. The molecule has 146 valence electrons. The lowest BCUT2D eigenvalue weighted by atomic mass is 9.89. The average Bonchev–Trinajstić information content (AvgIpc) is 3.25. The molecule has 0 saturated carbocycles. The number of tetrazole rings is 1. The van der Waals surface area contributed by atoms with E-state index in [9.17, 15) is 9.59 Å². The van der Waals surface area contributed by atoms with Crippen molar-refractivity contribution in [2.24, 2.45) is 0 Å². The summed E-state index contributed by atoms with van der Waals surface area (Å²) in [4.78, 5) is 26.1. The van der Waals surface area contributed by atoms with E-state index in [1.807, 2.05) is 30.3 Å². The van der Waals surface area contributed by atoms with Gasteiger partial charge in [0.25, 0.3) is 0 Å². The van der Waals surface area contributed by atoms with Crippen LogP contribution < -0.4 is 10.1 Å². The van der Waals surface area contributed by atoms with Gasteiger partial charge in [-0.15, -0.1) is 0 Å². The molecule has 0 aliphatic carbocycles. The number of hydrogen-bond donors (Lipinski definition) is 1.